The predicted octanol–water partition coefficient (Wildman–Crippen LogP) is 2.54. The van der Waals surface area contributed by atoms with Crippen LogP contribution in [0.2, 0.25) is 0 Å². The molecule has 2 rings (SSSR count). The van der Waals surface area contributed by atoms with E-state index < -0.39 is 24.4 Å². The number of benzene rings is 1. The smallest absolute Gasteiger partial charge is 0.337 e. The molecule has 1 aromatic carbocycles. The van der Waals surface area contributed by atoms with Crippen LogP contribution in [-0.2, 0) is 4.79 Å². The number of hydrogen-bond donors (Lipinski definition) is 1. The SMILES string of the molecule is C[C@@H]1CNCCN1C(=O)CC(c1ccccc1)C(F)(F)F. The fourth-order valence-electron chi connectivity index (χ4n) is 2.61. The molecule has 2 atom stereocenters. The van der Waals surface area contributed by atoms with Gasteiger partial charge in [-0.25, -0.2) is 0 Å². The van der Waals surface area contributed by atoms with Gasteiger partial charge in [0.2, 0.25) is 5.91 Å². The van der Waals surface area contributed by atoms with E-state index in [1.165, 1.54) is 17.0 Å². The van der Waals surface area contributed by atoms with Crippen LogP contribution in [0.5, 0.6) is 0 Å². The second-order valence-corrected chi connectivity index (χ2v) is 5.35. The van der Waals surface area contributed by atoms with E-state index in [4.69, 9.17) is 0 Å². The fraction of sp³-hybridized carbons (Fsp3) is 0.533. The molecule has 0 aliphatic carbocycles. The highest BCUT2D eigenvalue weighted by Gasteiger charge is 2.42. The van der Waals surface area contributed by atoms with E-state index in [0.29, 0.717) is 19.6 Å². The van der Waals surface area contributed by atoms with Crippen molar-refractivity contribution in [1.29, 1.82) is 0 Å². The largest absolute Gasteiger partial charge is 0.396 e. The quantitative estimate of drug-likeness (QED) is 0.930. The molecule has 0 radical (unpaired) electrons. The maximum Gasteiger partial charge on any atom is 0.396 e. The number of carbonyl (C=O) groups is 1. The first kappa shape index (κ1) is 15.8. The third-order valence-corrected chi connectivity index (χ3v) is 3.80. The zero-order chi connectivity index (χ0) is 15.5. The molecule has 1 aliphatic rings. The van der Waals surface area contributed by atoms with E-state index in [0.717, 1.165) is 0 Å². The summed E-state index contributed by atoms with van der Waals surface area (Å²) in [6, 6.07) is 7.56. The first-order valence-electron chi connectivity index (χ1n) is 7.01. The van der Waals surface area contributed by atoms with E-state index in [2.05, 4.69) is 5.32 Å². The molecule has 1 aromatic rings. The van der Waals surface area contributed by atoms with E-state index in [1.54, 1.807) is 18.2 Å². The van der Waals surface area contributed by atoms with Crippen LogP contribution in [0.15, 0.2) is 30.3 Å². The van der Waals surface area contributed by atoms with Gasteiger partial charge in [0.1, 0.15) is 0 Å². The molecule has 0 aromatic heterocycles. The molecule has 1 saturated heterocycles. The lowest BCUT2D eigenvalue weighted by molar-refractivity contribution is -0.161. The molecule has 21 heavy (non-hydrogen) atoms. The number of halogens is 3. The van der Waals surface area contributed by atoms with Gasteiger partial charge in [0, 0.05) is 32.1 Å². The second-order valence-electron chi connectivity index (χ2n) is 5.35. The third kappa shape index (κ3) is 3.97. The second kappa shape index (κ2) is 6.47. The van der Waals surface area contributed by atoms with Crippen molar-refractivity contribution in [2.75, 3.05) is 19.6 Å². The van der Waals surface area contributed by atoms with Gasteiger partial charge in [0.25, 0.3) is 0 Å². The highest BCUT2D eigenvalue weighted by atomic mass is 19.4. The summed E-state index contributed by atoms with van der Waals surface area (Å²) in [6.07, 6.45) is -4.95. The standard InChI is InChI=1S/C15H19F3N2O/c1-11-10-19-7-8-20(11)14(21)9-13(15(16,17)18)12-5-3-2-4-6-12/h2-6,11,13,19H,7-10H2,1H3/t11-,13?/m1/s1. The minimum absolute atomic E-state index is 0.0732. The third-order valence-electron chi connectivity index (χ3n) is 3.80. The molecule has 1 fully saturated rings. The van der Waals surface area contributed by atoms with Gasteiger partial charge in [-0.3, -0.25) is 4.79 Å². The van der Waals surface area contributed by atoms with Crippen LogP contribution < -0.4 is 5.32 Å². The first-order chi connectivity index (χ1) is 9.89. The van der Waals surface area contributed by atoms with Crippen molar-refractivity contribution in [2.24, 2.45) is 0 Å². The number of nitrogens with one attached hydrogen (secondary N) is 1. The summed E-state index contributed by atoms with van der Waals surface area (Å²) in [6.45, 7) is 3.54. The minimum atomic E-state index is -4.42. The van der Waals surface area contributed by atoms with Crippen LogP contribution in [-0.4, -0.2) is 42.7 Å². The maximum atomic E-state index is 13.2. The Kier molecular flexibility index (Phi) is 4.88. The predicted molar refractivity (Wildman–Crippen MR) is 73.9 cm³/mol. The van der Waals surface area contributed by atoms with Crippen molar-refractivity contribution in [3.8, 4) is 0 Å². The van der Waals surface area contributed by atoms with Gasteiger partial charge in [-0.05, 0) is 12.5 Å². The van der Waals surface area contributed by atoms with Crippen molar-refractivity contribution in [3.05, 3.63) is 35.9 Å². The molecule has 1 N–H and O–H groups in total. The molecular weight excluding hydrogens is 281 g/mol. The van der Waals surface area contributed by atoms with Crippen molar-refractivity contribution < 1.29 is 18.0 Å². The molecule has 0 saturated carbocycles. The van der Waals surface area contributed by atoms with Gasteiger partial charge in [-0.2, -0.15) is 13.2 Å². The summed E-state index contributed by atoms with van der Waals surface area (Å²) in [5, 5.41) is 3.12. The Morgan fingerprint density at radius 1 is 1.38 bits per heavy atom. The average Bonchev–Trinajstić information content (AvgIpc) is 2.44. The highest BCUT2D eigenvalue weighted by molar-refractivity contribution is 5.77. The molecule has 116 valence electrons. The summed E-state index contributed by atoms with van der Waals surface area (Å²) in [5.74, 6) is -2.18. The number of carbonyl (C=O) groups excluding carboxylic acids is 1. The lowest BCUT2D eigenvalue weighted by Crippen LogP contribution is -2.52. The van der Waals surface area contributed by atoms with Crippen LogP contribution in [0.1, 0.15) is 24.8 Å². The highest BCUT2D eigenvalue weighted by Crippen LogP contribution is 2.37. The Hall–Kier alpha value is -1.56. The van der Waals surface area contributed by atoms with Crippen LogP contribution in [0.25, 0.3) is 0 Å². The number of alkyl halides is 3. The van der Waals surface area contributed by atoms with Crippen LogP contribution in [0, 0.1) is 0 Å². The normalized spacial score (nSPS) is 21.1. The number of rotatable bonds is 3. The van der Waals surface area contributed by atoms with Crippen LogP contribution in [0.4, 0.5) is 13.2 Å². The van der Waals surface area contributed by atoms with E-state index in [-0.39, 0.29) is 11.6 Å². The molecule has 0 spiro atoms. The van der Waals surface area contributed by atoms with Crippen molar-refractivity contribution in [1.82, 2.24) is 10.2 Å². The van der Waals surface area contributed by atoms with E-state index in [9.17, 15) is 18.0 Å². The van der Waals surface area contributed by atoms with Crippen molar-refractivity contribution in [3.63, 3.8) is 0 Å². The van der Waals surface area contributed by atoms with Gasteiger partial charge in [-0.1, -0.05) is 30.3 Å². The van der Waals surface area contributed by atoms with Gasteiger partial charge in [-0.15, -0.1) is 0 Å². The Balaban J connectivity index is 2.14. The van der Waals surface area contributed by atoms with Crippen LogP contribution >= 0.6 is 0 Å². The number of nitrogens with zero attached hydrogens (tertiary/aromatic N) is 1. The van der Waals surface area contributed by atoms with E-state index in [1.807, 2.05) is 6.92 Å². The summed E-state index contributed by atoms with van der Waals surface area (Å²) < 4.78 is 39.7. The van der Waals surface area contributed by atoms with Gasteiger partial charge >= 0.3 is 6.18 Å². The summed E-state index contributed by atoms with van der Waals surface area (Å²) in [5.41, 5.74) is 0.140. The number of piperazine rings is 1. The maximum absolute atomic E-state index is 13.2. The minimum Gasteiger partial charge on any atom is -0.337 e. The van der Waals surface area contributed by atoms with Gasteiger partial charge < -0.3 is 10.2 Å². The fourth-order valence-corrected chi connectivity index (χ4v) is 2.61. The number of amides is 1. The van der Waals surface area contributed by atoms with Crippen molar-refractivity contribution >= 4 is 5.91 Å². The lowest BCUT2D eigenvalue weighted by atomic mass is 9.94. The molecule has 1 unspecified atom stereocenters. The molecule has 1 amide bonds. The van der Waals surface area contributed by atoms with E-state index >= 15 is 0 Å². The molecular formula is C15H19F3N2O. The average molecular weight is 300 g/mol. The zero-order valence-electron chi connectivity index (χ0n) is 11.9. The topological polar surface area (TPSA) is 32.3 Å². The van der Waals surface area contributed by atoms with Gasteiger partial charge in [0.05, 0.1) is 5.92 Å². The number of hydrogen-bond acceptors (Lipinski definition) is 2. The summed E-state index contributed by atoms with van der Waals surface area (Å²) in [4.78, 5) is 13.8. The lowest BCUT2D eigenvalue weighted by Gasteiger charge is -2.35. The molecule has 0 bridgehead atoms. The Bertz CT molecular complexity index is 476. The Labute approximate surface area is 122 Å². The first-order valence-corrected chi connectivity index (χ1v) is 7.01. The monoisotopic (exact) mass is 300 g/mol. The zero-order valence-corrected chi connectivity index (χ0v) is 11.9. The Morgan fingerprint density at radius 2 is 2.05 bits per heavy atom. The van der Waals surface area contributed by atoms with Crippen molar-refractivity contribution in [2.45, 2.75) is 31.5 Å². The molecule has 1 heterocycles. The molecule has 1 aliphatic heterocycles. The van der Waals surface area contributed by atoms with Gasteiger partial charge in [0.15, 0.2) is 0 Å². The summed E-state index contributed by atoms with van der Waals surface area (Å²) >= 11 is 0. The molecule has 6 heteroatoms. The van der Waals surface area contributed by atoms with Crippen LogP contribution in [0.3, 0.4) is 0 Å². The molecule has 3 nitrogen and oxygen atoms in total. The summed E-state index contributed by atoms with van der Waals surface area (Å²) in [7, 11) is 0. The Morgan fingerprint density at radius 3 is 2.62 bits per heavy atom.